The van der Waals surface area contributed by atoms with Crippen molar-refractivity contribution in [3.63, 3.8) is 0 Å². The van der Waals surface area contributed by atoms with Crippen molar-refractivity contribution in [2.24, 2.45) is 0 Å². The minimum absolute atomic E-state index is 0.0611. The molecule has 58 valence electrons. The molecular weight excluding hydrogens is 130 g/mol. The Morgan fingerprint density at radius 1 is 1.70 bits per heavy atom. The van der Waals surface area contributed by atoms with Gasteiger partial charge in [-0.3, -0.25) is 4.79 Å². The van der Waals surface area contributed by atoms with Crippen molar-refractivity contribution in [2.75, 3.05) is 13.1 Å². The lowest BCUT2D eigenvalue weighted by molar-refractivity contribution is -0.151. The van der Waals surface area contributed by atoms with Crippen LogP contribution >= 0.6 is 0 Å². The SMILES string of the molecule is CCCC(=O)OC1CNC1. The standard InChI is InChI=1S/C7H13NO2/c1-2-3-7(9)10-6-4-8-5-6/h6,8H,2-5H2,1H3. The summed E-state index contributed by atoms with van der Waals surface area (Å²) in [7, 11) is 0. The molecule has 1 aliphatic rings. The van der Waals surface area contributed by atoms with Crippen LogP contribution in [0.3, 0.4) is 0 Å². The van der Waals surface area contributed by atoms with E-state index in [0.29, 0.717) is 6.42 Å². The lowest BCUT2D eigenvalue weighted by Crippen LogP contribution is -2.49. The highest BCUT2D eigenvalue weighted by Crippen LogP contribution is 2.01. The van der Waals surface area contributed by atoms with Gasteiger partial charge in [-0.2, -0.15) is 0 Å². The molecule has 0 saturated carbocycles. The van der Waals surface area contributed by atoms with Crippen molar-refractivity contribution in [3.05, 3.63) is 0 Å². The van der Waals surface area contributed by atoms with Crippen LogP contribution in [0.25, 0.3) is 0 Å². The quantitative estimate of drug-likeness (QED) is 0.577. The van der Waals surface area contributed by atoms with Gasteiger partial charge in [-0.15, -0.1) is 0 Å². The average Bonchev–Trinajstić information content (AvgIpc) is 1.80. The monoisotopic (exact) mass is 143 g/mol. The second-order valence-electron chi connectivity index (χ2n) is 2.52. The highest BCUT2D eigenvalue weighted by molar-refractivity contribution is 5.69. The van der Waals surface area contributed by atoms with Gasteiger partial charge in [-0.1, -0.05) is 6.92 Å². The topological polar surface area (TPSA) is 38.3 Å². The smallest absolute Gasteiger partial charge is 0.306 e. The maximum atomic E-state index is 10.8. The van der Waals surface area contributed by atoms with Crippen molar-refractivity contribution < 1.29 is 9.53 Å². The van der Waals surface area contributed by atoms with E-state index in [1.54, 1.807) is 0 Å². The largest absolute Gasteiger partial charge is 0.460 e. The first kappa shape index (κ1) is 7.54. The number of ether oxygens (including phenoxy) is 1. The number of esters is 1. The van der Waals surface area contributed by atoms with Crippen LogP contribution in [0.5, 0.6) is 0 Å². The molecule has 0 amide bonds. The molecule has 3 heteroatoms. The van der Waals surface area contributed by atoms with E-state index in [0.717, 1.165) is 19.5 Å². The third-order valence-electron chi connectivity index (χ3n) is 1.50. The van der Waals surface area contributed by atoms with E-state index in [1.807, 2.05) is 6.92 Å². The fourth-order valence-corrected chi connectivity index (χ4v) is 0.794. The van der Waals surface area contributed by atoms with E-state index in [9.17, 15) is 4.79 Å². The Labute approximate surface area is 60.7 Å². The van der Waals surface area contributed by atoms with Gasteiger partial charge in [-0.05, 0) is 6.42 Å². The summed E-state index contributed by atoms with van der Waals surface area (Å²) in [4.78, 5) is 10.8. The summed E-state index contributed by atoms with van der Waals surface area (Å²) >= 11 is 0. The van der Waals surface area contributed by atoms with E-state index < -0.39 is 0 Å². The average molecular weight is 143 g/mol. The Hall–Kier alpha value is -0.570. The van der Waals surface area contributed by atoms with Gasteiger partial charge in [0.2, 0.25) is 0 Å². The lowest BCUT2D eigenvalue weighted by Gasteiger charge is -2.26. The van der Waals surface area contributed by atoms with Crippen LogP contribution in [0, 0.1) is 0 Å². The van der Waals surface area contributed by atoms with E-state index >= 15 is 0 Å². The molecule has 0 spiro atoms. The molecular formula is C7H13NO2. The molecule has 1 aliphatic heterocycles. The van der Waals surface area contributed by atoms with Crippen LogP contribution in [-0.4, -0.2) is 25.2 Å². The maximum Gasteiger partial charge on any atom is 0.306 e. The Balaban J connectivity index is 2.05. The van der Waals surface area contributed by atoms with E-state index in [-0.39, 0.29) is 12.1 Å². The number of carbonyl (C=O) groups is 1. The molecule has 1 heterocycles. The molecule has 0 aliphatic carbocycles. The van der Waals surface area contributed by atoms with Crippen molar-refractivity contribution in [1.82, 2.24) is 5.32 Å². The van der Waals surface area contributed by atoms with Crippen LogP contribution in [0.4, 0.5) is 0 Å². The first-order chi connectivity index (χ1) is 4.83. The van der Waals surface area contributed by atoms with Gasteiger partial charge in [-0.25, -0.2) is 0 Å². The fraction of sp³-hybridized carbons (Fsp3) is 0.857. The molecule has 10 heavy (non-hydrogen) atoms. The summed E-state index contributed by atoms with van der Waals surface area (Å²) in [5, 5.41) is 3.03. The molecule has 0 bridgehead atoms. The third-order valence-corrected chi connectivity index (χ3v) is 1.50. The first-order valence-corrected chi connectivity index (χ1v) is 3.73. The molecule has 0 atom stereocenters. The summed E-state index contributed by atoms with van der Waals surface area (Å²) in [6.45, 7) is 3.63. The van der Waals surface area contributed by atoms with Gasteiger partial charge in [0.1, 0.15) is 6.10 Å². The van der Waals surface area contributed by atoms with Gasteiger partial charge in [0.25, 0.3) is 0 Å². The highest BCUT2D eigenvalue weighted by atomic mass is 16.5. The zero-order chi connectivity index (χ0) is 7.40. The van der Waals surface area contributed by atoms with E-state index in [1.165, 1.54) is 0 Å². The molecule has 1 N–H and O–H groups in total. The number of rotatable bonds is 3. The predicted octanol–water partition coefficient (Wildman–Crippen LogP) is 0.301. The van der Waals surface area contributed by atoms with Gasteiger partial charge < -0.3 is 10.1 Å². The molecule has 0 aromatic rings. The minimum atomic E-state index is -0.0611. The van der Waals surface area contributed by atoms with Gasteiger partial charge in [0.05, 0.1) is 0 Å². The maximum absolute atomic E-state index is 10.8. The van der Waals surface area contributed by atoms with E-state index in [4.69, 9.17) is 4.74 Å². The van der Waals surface area contributed by atoms with Crippen molar-refractivity contribution in [2.45, 2.75) is 25.9 Å². The Morgan fingerprint density at radius 2 is 2.40 bits per heavy atom. The second-order valence-corrected chi connectivity index (χ2v) is 2.52. The molecule has 1 fully saturated rings. The Kier molecular flexibility index (Phi) is 2.68. The van der Waals surface area contributed by atoms with E-state index in [2.05, 4.69) is 5.32 Å². The van der Waals surface area contributed by atoms with Crippen LogP contribution in [0.1, 0.15) is 19.8 Å². The molecule has 1 saturated heterocycles. The molecule has 0 aromatic carbocycles. The zero-order valence-corrected chi connectivity index (χ0v) is 6.22. The Morgan fingerprint density at radius 3 is 2.80 bits per heavy atom. The summed E-state index contributed by atoms with van der Waals surface area (Å²) in [6.07, 6.45) is 1.58. The third kappa shape index (κ3) is 1.99. The molecule has 0 aromatic heterocycles. The first-order valence-electron chi connectivity index (χ1n) is 3.73. The van der Waals surface area contributed by atoms with Crippen molar-refractivity contribution >= 4 is 5.97 Å². The fourth-order valence-electron chi connectivity index (χ4n) is 0.794. The van der Waals surface area contributed by atoms with Crippen molar-refractivity contribution in [3.8, 4) is 0 Å². The Bertz CT molecular complexity index is 121. The van der Waals surface area contributed by atoms with Gasteiger partial charge in [0.15, 0.2) is 0 Å². The summed E-state index contributed by atoms with van der Waals surface area (Å²) in [5.41, 5.74) is 0. The number of carbonyl (C=O) groups excluding carboxylic acids is 1. The highest BCUT2D eigenvalue weighted by Gasteiger charge is 2.19. The minimum Gasteiger partial charge on any atom is -0.460 e. The predicted molar refractivity (Wildman–Crippen MR) is 37.7 cm³/mol. The zero-order valence-electron chi connectivity index (χ0n) is 6.22. The van der Waals surface area contributed by atoms with Crippen molar-refractivity contribution in [1.29, 1.82) is 0 Å². The second kappa shape index (κ2) is 3.56. The molecule has 1 rings (SSSR count). The van der Waals surface area contributed by atoms with Gasteiger partial charge in [0, 0.05) is 19.5 Å². The van der Waals surface area contributed by atoms with Crippen LogP contribution in [0.2, 0.25) is 0 Å². The van der Waals surface area contributed by atoms with Gasteiger partial charge >= 0.3 is 5.97 Å². The van der Waals surface area contributed by atoms with Crippen LogP contribution < -0.4 is 5.32 Å². The van der Waals surface area contributed by atoms with Crippen LogP contribution in [-0.2, 0) is 9.53 Å². The molecule has 0 radical (unpaired) electrons. The number of hydrogen-bond donors (Lipinski definition) is 1. The molecule has 3 nitrogen and oxygen atoms in total. The van der Waals surface area contributed by atoms with Crippen LogP contribution in [0.15, 0.2) is 0 Å². The molecule has 0 unspecified atom stereocenters. The summed E-state index contributed by atoms with van der Waals surface area (Å²) in [6, 6.07) is 0. The normalized spacial score (nSPS) is 18.1. The number of hydrogen-bond acceptors (Lipinski definition) is 3. The number of nitrogens with one attached hydrogen (secondary N) is 1. The summed E-state index contributed by atoms with van der Waals surface area (Å²) < 4.78 is 5.03. The lowest BCUT2D eigenvalue weighted by atomic mass is 10.2. The summed E-state index contributed by atoms with van der Waals surface area (Å²) in [5.74, 6) is -0.0611.